The lowest BCUT2D eigenvalue weighted by molar-refractivity contribution is -0.163. The third-order valence-electron chi connectivity index (χ3n) is 3.58. The lowest BCUT2D eigenvalue weighted by Crippen LogP contribution is -2.44. The Labute approximate surface area is 136 Å². The molecule has 1 fully saturated rings. The number of cyclic esters (lactones) is 1. The van der Waals surface area contributed by atoms with Gasteiger partial charge in [0.2, 0.25) is 11.7 Å². The van der Waals surface area contributed by atoms with E-state index in [2.05, 4.69) is 5.32 Å². The Hall–Kier alpha value is -1.19. The van der Waals surface area contributed by atoms with Crippen LogP contribution in [0, 0.1) is 5.41 Å². The molecule has 1 aliphatic heterocycles. The summed E-state index contributed by atoms with van der Waals surface area (Å²) in [5.74, 6) is -2.31. The molecule has 0 aromatic rings. The average molecular weight is 351 g/mol. The molecular weight excluding hydrogens is 326 g/mol. The predicted molar refractivity (Wildman–Crippen MR) is 82.1 cm³/mol. The van der Waals surface area contributed by atoms with Gasteiger partial charge < -0.3 is 14.8 Å². The summed E-state index contributed by atoms with van der Waals surface area (Å²) < 4.78 is 41.5. The molecule has 2 atom stereocenters. The number of hydrogen-bond donors (Lipinski definition) is 2. The molecule has 1 rings (SSSR count). The molecule has 0 saturated carbocycles. The standard InChI is InChI=1S/C14H25NO7S/c1-9(16)15-10(6-7-23(18,19)20)8-13(2,3)11-12(17)22-14(4,5)21-11/h10-11H,6-8H2,1-5H3,(H,15,16)(H,18,19,20)/t10?,11-/m0/s1. The number of rotatable bonds is 7. The Balaban J connectivity index is 2.83. The fraction of sp³-hybridized carbons (Fsp3) is 0.857. The van der Waals surface area contributed by atoms with E-state index in [9.17, 15) is 18.0 Å². The number of nitrogens with one attached hydrogen (secondary N) is 1. The van der Waals surface area contributed by atoms with Gasteiger partial charge in [0.25, 0.3) is 10.1 Å². The Morgan fingerprint density at radius 2 is 2.00 bits per heavy atom. The van der Waals surface area contributed by atoms with Gasteiger partial charge >= 0.3 is 5.97 Å². The van der Waals surface area contributed by atoms with Crippen LogP contribution in [-0.2, 0) is 29.2 Å². The minimum Gasteiger partial charge on any atom is -0.432 e. The molecule has 2 N–H and O–H groups in total. The molecule has 0 aliphatic carbocycles. The highest BCUT2D eigenvalue weighted by Crippen LogP contribution is 2.38. The molecule has 0 bridgehead atoms. The van der Waals surface area contributed by atoms with Crippen LogP contribution < -0.4 is 5.32 Å². The van der Waals surface area contributed by atoms with Crippen molar-refractivity contribution >= 4 is 22.0 Å². The number of hydrogen-bond acceptors (Lipinski definition) is 6. The van der Waals surface area contributed by atoms with Crippen molar-refractivity contribution in [1.82, 2.24) is 5.32 Å². The minimum absolute atomic E-state index is 0.0347. The van der Waals surface area contributed by atoms with Crippen molar-refractivity contribution in [3.8, 4) is 0 Å². The van der Waals surface area contributed by atoms with E-state index >= 15 is 0 Å². The molecule has 8 nitrogen and oxygen atoms in total. The number of amides is 1. The second-order valence-electron chi connectivity index (χ2n) is 6.98. The van der Waals surface area contributed by atoms with E-state index < -0.39 is 45.2 Å². The molecule has 1 saturated heterocycles. The van der Waals surface area contributed by atoms with Gasteiger partial charge in [-0.05, 0) is 12.8 Å². The molecule has 0 aromatic carbocycles. The van der Waals surface area contributed by atoms with Crippen LogP contribution >= 0.6 is 0 Å². The van der Waals surface area contributed by atoms with E-state index in [1.807, 2.05) is 0 Å². The van der Waals surface area contributed by atoms with Gasteiger partial charge in [0, 0.05) is 32.2 Å². The van der Waals surface area contributed by atoms with Crippen LogP contribution in [0.4, 0.5) is 0 Å². The van der Waals surface area contributed by atoms with E-state index in [0.29, 0.717) is 0 Å². The number of esters is 1. The zero-order valence-corrected chi connectivity index (χ0v) is 14.9. The van der Waals surface area contributed by atoms with Crippen molar-refractivity contribution in [1.29, 1.82) is 0 Å². The topological polar surface area (TPSA) is 119 Å². The lowest BCUT2D eigenvalue weighted by Gasteiger charge is -2.33. The minimum atomic E-state index is -4.13. The van der Waals surface area contributed by atoms with Crippen LogP contribution in [0.15, 0.2) is 0 Å². The van der Waals surface area contributed by atoms with Crippen LogP contribution in [-0.4, -0.2) is 48.5 Å². The van der Waals surface area contributed by atoms with Gasteiger partial charge in [-0.3, -0.25) is 9.35 Å². The van der Waals surface area contributed by atoms with Crippen molar-refractivity contribution in [3.05, 3.63) is 0 Å². The number of carbonyl (C=O) groups is 2. The van der Waals surface area contributed by atoms with Crippen molar-refractivity contribution < 1.29 is 32.0 Å². The predicted octanol–water partition coefficient (Wildman–Crippen LogP) is 0.863. The van der Waals surface area contributed by atoms with Crippen molar-refractivity contribution in [2.24, 2.45) is 5.41 Å². The Morgan fingerprint density at radius 1 is 1.43 bits per heavy atom. The van der Waals surface area contributed by atoms with E-state index in [4.69, 9.17) is 14.0 Å². The summed E-state index contributed by atoms with van der Waals surface area (Å²) in [6.45, 7) is 8.14. The molecule has 134 valence electrons. The maximum atomic E-state index is 12.0. The Bertz CT molecular complexity index is 568. The number of carbonyl (C=O) groups excluding carboxylic acids is 2. The fourth-order valence-electron chi connectivity index (χ4n) is 2.68. The SMILES string of the molecule is CC(=O)NC(CCS(=O)(=O)O)CC(C)(C)[C@H]1OC(C)(C)OC1=O. The largest absolute Gasteiger partial charge is 0.432 e. The van der Waals surface area contributed by atoms with Gasteiger partial charge in [-0.15, -0.1) is 0 Å². The van der Waals surface area contributed by atoms with Gasteiger partial charge in [-0.1, -0.05) is 13.8 Å². The van der Waals surface area contributed by atoms with Gasteiger partial charge in [0.1, 0.15) is 0 Å². The summed E-state index contributed by atoms with van der Waals surface area (Å²) in [4.78, 5) is 23.3. The fourth-order valence-corrected chi connectivity index (χ4v) is 3.26. The van der Waals surface area contributed by atoms with Crippen LogP contribution in [0.3, 0.4) is 0 Å². The van der Waals surface area contributed by atoms with E-state index in [1.54, 1.807) is 27.7 Å². The Morgan fingerprint density at radius 3 is 2.39 bits per heavy atom. The molecule has 9 heteroatoms. The molecule has 1 heterocycles. The zero-order chi connectivity index (χ0) is 18.1. The lowest BCUT2D eigenvalue weighted by atomic mass is 9.79. The van der Waals surface area contributed by atoms with Crippen LogP contribution in [0.1, 0.15) is 47.5 Å². The second kappa shape index (κ2) is 6.74. The summed E-state index contributed by atoms with van der Waals surface area (Å²) in [7, 11) is -4.13. The maximum Gasteiger partial charge on any atom is 0.338 e. The molecule has 0 spiro atoms. The first-order valence-electron chi connectivity index (χ1n) is 7.35. The average Bonchev–Trinajstić information content (AvgIpc) is 2.58. The molecule has 1 aliphatic rings. The van der Waals surface area contributed by atoms with Crippen molar-refractivity contribution in [2.45, 2.75) is 65.4 Å². The molecule has 0 radical (unpaired) electrons. The van der Waals surface area contributed by atoms with Gasteiger partial charge in [0.15, 0.2) is 6.10 Å². The first kappa shape index (κ1) is 19.9. The van der Waals surface area contributed by atoms with E-state index in [1.165, 1.54) is 6.92 Å². The van der Waals surface area contributed by atoms with E-state index in [0.717, 1.165) is 0 Å². The molecule has 1 unspecified atom stereocenters. The smallest absolute Gasteiger partial charge is 0.338 e. The number of ether oxygens (including phenoxy) is 2. The molecule has 23 heavy (non-hydrogen) atoms. The normalized spacial score (nSPS) is 22.5. The maximum absolute atomic E-state index is 12.0. The molecule has 1 amide bonds. The zero-order valence-electron chi connectivity index (χ0n) is 14.1. The van der Waals surface area contributed by atoms with E-state index in [-0.39, 0.29) is 18.7 Å². The second-order valence-corrected chi connectivity index (χ2v) is 8.56. The quantitative estimate of drug-likeness (QED) is 0.516. The first-order valence-corrected chi connectivity index (χ1v) is 8.96. The third-order valence-corrected chi connectivity index (χ3v) is 4.33. The monoisotopic (exact) mass is 351 g/mol. The highest BCUT2D eigenvalue weighted by Gasteiger charge is 2.49. The van der Waals surface area contributed by atoms with Crippen molar-refractivity contribution in [3.63, 3.8) is 0 Å². The third kappa shape index (κ3) is 6.44. The summed E-state index contributed by atoms with van der Waals surface area (Å²) in [5, 5.41) is 2.65. The summed E-state index contributed by atoms with van der Waals surface area (Å²) in [5.41, 5.74) is -0.697. The summed E-state index contributed by atoms with van der Waals surface area (Å²) >= 11 is 0. The summed E-state index contributed by atoms with van der Waals surface area (Å²) in [6.07, 6.45) is -0.496. The van der Waals surface area contributed by atoms with Crippen LogP contribution in [0.25, 0.3) is 0 Å². The molecular formula is C14H25NO7S. The Kier molecular flexibility index (Phi) is 5.82. The van der Waals surface area contributed by atoms with Gasteiger partial charge in [-0.25, -0.2) is 4.79 Å². The van der Waals surface area contributed by atoms with Gasteiger partial charge in [-0.2, -0.15) is 8.42 Å². The first-order chi connectivity index (χ1) is 10.2. The summed E-state index contributed by atoms with van der Waals surface area (Å²) in [6, 6.07) is -0.524. The van der Waals surface area contributed by atoms with Crippen LogP contribution in [0.5, 0.6) is 0 Å². The molecule has 0 aromatic heterocycles. The highest BCUT2D eigenvalue weighted by molar-refractivity contribution is 7.85. The van der Waals surface area contributed by atoms with Crippen LogP contribution in [0.2, 0.25) is 0 Å². The van der Waals surface area contributed by atoms with Crippen molar-refractivity contribution in [2.75, 3.05) is 5.75 Å². The highest BCUT2D eigenvalue weighted by atomic mass is 32.2. The van der Waals surface area contributed by atoms with Gasteiger partial charge in [0.05, 0.1) is 5.75 Å².